The number of furan rings is 1. The molecule has 0 aliphatic rings. The molecule has 0 radical (unpaired) electrons. The molecule has 0 aliphatic heterocycles. The second-order valence-corrected chi connectivity index (χ2v) is 6.69. The molecule has 3 rings (SSSR count). The number of amides is 1. The van der Waals surface area contributed by atoms with Gasteiger partial charge in [0.1, 0.15) is 22.1 Å². The number of hydrogen-bond acceptors (Lipinski definition) is 4. The van der Waals surface area contributed by atoms with Crippen molar-refractivity contribution >= 4 is 28.2 Å². The average molecular weight is 355 g/mol. The molecule has 2 heterocycles. The monoisotopic (exact) mass is 355 g/mol. The van der Waals surface area contributed by atoms with Crippen molar-refractivity contribution in [3.05, 3.63) is 63.9 Å². The van der Waals surface area contributed by atoms with E-state index in [1.54, 1.807) is 25.3 Å². The van der Waals surface area contributed by atoms with Gasteiger partial charge in [0, 0.05) is 10.9 Å². The summed E-state index contributed by atoms with van der Waals surface area (Å²) in [5.41, 5.74) is 2.98. The van der Waals surface area contributed by atoms with E-state index in [9.17, 15) is 14.7 Å². The quantitative estimate of drug-likeness (QED) is 0.699. The lowest BCUT2D eigenvalue weighted by atomic mass is 10.0. The Kier molecular flexibility index (Phi) is 4.46. The fraction of sp³-hybridized carbons (Fsp3) is 0.158. The van der Waals surface area contributed by atoms with Gasteiger partial charge in [-0.3, -0.25) is 4.79 Å². The zero-order chi connectivity index (χ0) is 18.1. The number of carboxylic acids is 1. The molecule has 128 valence electrons. The third-order valence-corrected chi connectivity index (χ3v) is 4.78. The van der Waals surface area contributed by atoms with Crippen LogP contribution in [0.5, 0.6) is 0 Å². The molecule has 0 spiro atoms. The topological polar surface area (TPSA) is 79.5 Å². The highest BCUT2D eigenvalue weighted by Crippen LogP contribution is 2.36. The van der Waals surface area contributed by atoms with Gasteiger partial charge in [-0.2, -0.15) is 0 Å². The van der Waals surface area contributed by atoms with Crippen LogP contribution in [0.1, 0.15) is 37.8 Å². The molecule has 0 saturated heterocycles. The number of nitrogens with one attached hydrogen (secondary N) is 1. The van der Waals surface area contributed by atoms with Crippen LogP contribution in [0.2, 0.25) is 0 Å². The maximum absolute atomic E-state index is 12.5. The summed E-state index contributed by atoms with van der Waals surface area (Å²) in [5, 5.41) is 14.4. The van der Waals surface area contributed by atoms with Crippen LogP contribution >= 0.6 is 11.3 Å². The van der Waals surface area contributed by atoms with Gasteiger partial charge in [-0.15, -0.1) is 11.3 Å². The Morgan fingerprint density at radius 2 is 1.80 bits per heavy atom. The first-order chi connectivity index (χ1) is 11.9. The van der Waals surface area contributed by atoms with Crippen LogP contribution in [-0.2, 0) is 0 Å². The highest BCUT2D eigenvalue weighted by molar-refractivity contribution is 7.15. The molecule has 5 nitrogen and oxygen atoms in total. The summed E-state index contributed by atoms with van der Waals surface area (Å²) < 4.78 is 5.36. The second-order valence-electron chi connectivity index (χ2n) is 5.81. The zero-order valence-corrected chi connectivity index (χ0v) is 14.9. The van der Waals surface area contributed by atoms with Crippen molar-refractivity contribution in [1.29, 1.82) is 0 Å². The minimum Gasteiger partial charge on any atom is -0.478 e. The molecule has 0 unspecified atom stereocenters. The number of thiophene rings is 1. The van der Waals surface area contributed by atoms with Crippen molar-refractivity contribution in [1.82, 2.24) is 0 Å². The van der Waals surface area contributed by atoms with Crippen molar-refractivity contribution in [2.24, 2.45) is 0 Å². The highest BCUT2D eigenvalue weighted by Gasteiger charge is 2.22. The van der Waals surface area contributed by atoms with Crippen molar-refractivity contribution in [3.63, 3.8) is 0 Å². The highest BCUT2D eigenvalue weighted by atomic mass is 32.1. The Morgan fingerprint density at radius 3 is 2.36 bits per heavy atom. The molecule has 0 saturated carbocycles. The molecular weight excluding hydrogens is 338 g/mol. The first-order valence-electron chi connectivity index (χ1n) is 7.67. The fourth-order valence-corrected chi connectivity index (χ4v) is 3.59. The number of carbonyl (C=O) groups is 2. The minimum absolute atomic E-state index is 0.0973. The van der Waals surface area contributed by atoms with Gasteiger partial charge in [0.05, 0.1) is 5.56 Å². The van der Waals surface area contributed by atoms with Crippen molar-refractivity contribution in [3.8, 4) is 11.1 Å². The average Bonchev–Trinajstić information content (AvgIpc) is 3.11. The summed E-state index contributed by atoms with van der Waals surface area (Å²) in [4.78, 5) is 24.2. The zero-order valence-electron chi connectivity index (χ0n) is 14.0. The van der Waals surface area contributed by atoms with Gasteiger partial charge in [-0.1, -0.05) is 29.8 Å². The van der Waals surface area contributed by atoms with E-state index in [0.29, 0.717) is 27.6 Å². The molecule has 2 aromatic heterocycles. The van der Waals surface area contributed by atoms with Gasteiger partial charge in [-0.25, -0.2) is 4.79 Å². The predicted octanol–water partition coefficient (Wildman–Crippen LogP) is 4.88. The maximum atomic E-state index is 12.5. The van der Waals surface area contributed by atoms with Gasteiger partial charge >= 0.3 is 5.97 Å². The predicted molar refractivity (Wildman–Crippen MR) is 97.6 cm³/mol. The first kappa shape index (κ1) is 17.0. The van der Waals surface area contributed by atoms with E-state index >= 15 is 0 Å². The van der Waals surface area contributed by atoms with Crippen LogP contribution in [-0.4, -0.2) is 17.0 Å². The van der Waals surface area contributed by atoms with E-state index in [1.807, 2.05) is 31.2 Å². The Morgan fingerprint density at radius 1 is 1.12 bits per heavy atom. The molecule has 1 aromatic carbocycles. The molecule has 1 amide bonds. The van der Waals surface area contributed by atoms with Gasteiger partial charge in [-0.05, 0) is 32.4 Å². The summed E-state index contributed by atoms with van der Waals surface area (Å²) >= 11 is 1.20. The van der Waals surface area contributed by atoms with Crippen LogP contribution in [0.15, 0.2) is 40.1 Å². The van der Waals surface area contributed by atoms with Gasteiger partial charge < -0.3 is 14.8 Å². The van der Waals surface area contributed by atoms with Crippen LogP contribution in [0, 0.1) is 20.8 Å². The number of carboxylic acid groups (broad SMARTS) is 1. The Labute approximate surface area is 148 Å². The molecule has 0 atom stereocenters. The maximum Gasteiger partial charge on any atom is 0.339 e. The molecule has 0 aliphatic carbocycles. The number of benzene rings is 1. The SMILES string of the molecule is Cc1ccc(-c2csc(NC(=O)c3cc(C)oc3C)c2C(=O)O)cc1. The van der Waals surface area contributed by atoms with Crippen LogP contribution in [0.25, 0.3) is 11.1 Å². The summed E-state index contributed by atoms with van der Waals surface area (Å²) in [5.74, 6) is -0.323. The van der Waals surface area contributed by atoms with Crippen molar-refractivity contribution in [2.75, 3.05) is 5.32 Å². The number of aryl methyl sites for hydroxylation is 3. The van der Waals surface area contributed by atoms with Crippen LogP contribution < -0.4 is 5.32 Å². The van der Waals surface area contributed by atoms with E-state index in [0.717, 1.165) is 11.1 Å². The Bertz CT molecular complexity index is 950. The number of carbonyl (C=O) groups excluding carboxylic acids is 1. The number of rotatable bonds is 4. The third kappa shape index (κ3) is 3.34. The Hall–Kier alpha value is -2.86. The molecule has 3 aromatic rings. The van der Waals surface area contributed by atoms with E-state index in [4.69, 9.17) is 4.42 Å². The van der Waals surface area contributed by atoms with Crippen molar-refractivity contribution in [2.45, 2.75) is 20.8 Å². The molecule has 25 heavy (non-hydrogen) atoms. The molecule has 0 fully saturated rings. The molecule has 0 bridgehead atoms. The third-order valence-electron chi connectivity index (χ3n) is 3.88. The number of aromatic carboxylic acids is 1. The van der Waals surface area contributed by atoms with Gasteiger partial charge in [0.25, 0.3) is 5.91 Å². The minimum atomic E-state index is -1.08. The first-order valence-corrected chi connectivity index (χ1v) is 8.55. The largest absolute Gasteiger partial charge is 0.478 e. The van der Waals surface area contributed by atoms with E-state index in [2.05, 4.69) is 5.32 Å². The Balaban J connectivity index is 1.97. The lowest BCUT2D eigenvalue weighted by Crippen LogP contribution is -2.13. The lowest BCUT2D eigenvalue weighted by Gasteiger charge is -2.06. The van der Waals surface area contributed by atoms with Crippen molar-refractivity contribution < 1.29 is 19.1 Å². The molecule has 2 N–H and O–H groups in total. The smallest absolute Gasteiger partial charge is 0.339 e. The number of anilines is 1. The summed E-state index contributed by atoms with van der Waals surface area (Å²) in [6, 6.07) is 9.24. The second kappa shape index (κ2) is 6.57. The van der Waals surface area contributed by atoms with Gasteiger partial charge in [0.2, 0.25) is 0 Å². The lowest BCUT2D eigenvalue weighted by molar-refractivity contribution is 0.0699. The van der Waals surface area contributed by atoms with E-state index < -0.39 is 5.97 Å². The normalized spacial score (nSPS) is 10.7. The van der Waals surface area contributed by atoms with Crippen LogP contribution in [0.4, 0.5) is 5.00 Å². The molecular formula is C19H17NO4S. The summed E-state index contributed by atoms with van der Waals surface area (Å²) in [7, 11) is 0. The standard InChI is InChI=1S/C19H17NO4S/c1-10-4-6-13(7-5-10)15-9-25-18(16(15)19(22)23)20-17(21)14-8-11(2)24-12(14)3/h4-9H,1-3H3,(H,20,21)(H,22,23). The fourth-order valence-electron chi connectivity index (χ4n) is 2.63. The summed E-state index contributed by atoms with van der Waals surface area (Å²) in [6.45, 7) is 5.43. The van der Waals surface area contributed by atoms with E-state index in [1.165, 1.54) is 11.3 Å². The van der Waals surface area contributed by atoms with Gasteiger partial charge in [0.15, 0.2) is 0 Å². The van der Waals surface area contributed by atoms with Crippen LogP contribution in [0.3, 0.4) is 0 Å². The van der Waals surface area contributed by atoms with E-state index in [-0.39, 0.29) is 11.5 Å². The molecule has 6 heteroatoms. The summed E-state index contributed by atoms with van der Waals surface area (Å²) in [6.07, 6.45) is 0. The number of hydrogen-bond donors (Lipinski definition) is 2.